The Hall–Kier alpha value is -6.30. The average Bonchev–Trinajstić information content (AvgIpc) is 4.05. The summed E-state index contributed by atoms with van der Waals surface area (Å²) in [6.07, 6.45) is 8.36. The van der Waals surface area contributed by atoms with E-state index in [-0.39, 0.29) is 19.5 Å². The van der Waals surface area contributed by atoms with Crippen molar-refractivity contribution in [3.63, 3.8) is 0 Å². The molecule has 2 aliphatic rings. The molecule has 5 heterocycles. The van der Waals surface area contributed by atoms with Gasteiger partial charge in [-0.2, -0.15) is 0 Å². The first-order chi connectivity index (χ1) is 26.5. The van der Waals surface area contributed by atoms with Crippen molar-refractivity contribution < 1.29 is 29.0 Å². The van der Waals surface area contributed by atoms with Gasteiger partial charge in [0.05, 0.1) is 37.0 Å². The van der Waals surface area contributed by atoms with Gasteiger partial charge in [-0.25, -0.2) is 9.97 Å². The fourth-order valence-electron chi connectivity index (χ4n) is 7.69. The van der Waals surface area contributed by atoms with Crippen LogP contribution in [0.25, 0.3) is 90.9 Å². The van der Waals surface area contributed by atoms with Crippen molar-refractivity contribution in [2.75, 3.05) is 14.2 Å². The predicted molar refractivity (Wildman–Crippen MR) is 221 cm³/mol. The summed E-state index contributed by atoms with van der Waals surface area (Å²) >= 11 is 0. The molecule has 262 valence electrons. The predicted octanol–water partition coefficient (Wildman–Crippen LogP) is 11.2. The molecular weight excluding hydrogens is 730 g/mol. The summed E-state index contributed by atoms with van der Waals surface area (Å²) < 4.78 is 11.8. The summed E-state index contributed by atoms with van der Waals surface area (Å²) in [4.78, 5) is 21.5. The molecule has 0 N–H and O–H groups in total. The Morgan fingerprint density at radius 2 is 0.782 bits per heavy atom. The minimum atomic E-state index is 0. The molecule has 0 unspecified atom stereocenters. The number of methoxy groups -OCH3 is 2. The minimum absolute atomic E-state index is 0. The van der Waals surface area contributed by atoms with Crippen LogP contribution in [0.5, 0.6) is 11.5 Å². The van der Waals surface area contributed by atoms with Gasteiger partial charge in [0, 0.05) is 5.56 Å². The topological polar surface area (TPSA) is 72.4 Å². The van der Waals surface area contributed by atoms with E-state index < -0.39 is 0 Å². The van der Waals surface area contributed by atoms with E-state index in [9.17, 15) is 0 Å². The maximum Gasteiger partial charge on any atom is 2.00 e. The van der Waals surface area contributed by atoms with E-state index in [0.717, 1.165) is 100 Å². The van der Waals surface area contributed by atoms with Gasteiger partial charge in [0.1, 0.15) is 0 Å². The zero-order valence-corrected chi connectivity index (χ0v) is 34.1. The molecule has 0 saturated heterocycles. The summed E-state index contributed by atoms with van der Waals surface area (Å²) in [5.74, 6) is 1.40. The molecule has 4 aromatic carbocycles. The van der Waals surface area contributed by atoms with Gasteiger partial charge < -0.3 is 19.4 Å². The van der Waals surface area contributed by atoms with Crippen LogP contribution in [0.2, 0.25) is 0 Å². The monoisotopic (exact) mass is 764 g/mol. The van der Waals surface area contributed by atoms with Crippen LogP contribution in [0, 0.1) is 13.8 Å². The standard InChI is InChI=1S/C48H36N4O2.Zn/c1-29-28-34(30(2)48(54-4)47(29)53-3)46-41-26-24-39(51-41)44(32-16-10-6-11-17-32)37-22-20-35(49-37)43(31-14-8-5-9-15-31)36-21-23-38(50-36)45(33-18-12-7-13-19-33)40-25-27-42(46)52-40;/h5-28H,1-4H3;/q-2;+2. The normalized spacial score (nSPS) is 11.7. The summed E-state index contributed by atoms with van der Waals surface area (Å²) in [6, 6.07) is 41.6. The van der Waals surface area contributed by atoms with Crippen molar-refractivity contribution in [3.8, 4) is 56.0 Å². The molecule has 0 spiro atoms. The third kappa shape index (κ3) is 6.31. The van der Waals surface area contributed by atoms with Crippen LogP contribution in [0.3, 0.4) is 0 Å². The molecule has 0 fully saturated rings. The van der Waals surface area contributed by atoms with Gasteiger partial charge >= 0.3 is 19.5 Å². The molecule has 55 heavy (non-hydrogen) atoms. The molecule has 9 rings (SSSR count). The van der Waals surface area contributed by atoms with Crippen LogP contribution in [-0.2, 0) is 19.5 Å². The minimum Gasteiger partial charge on any atom is -0.657 e. The fourth-order valence-corrected chi connectivity index (χ4v) is 7.69. The summed E-state index contributed by atoms with van der Waals surface area (Å²) in [5.41, 5.74) is 16.3. The second kappa shape index (κ2) is 14.9. The van der Waals surface area contributed by atoms with E-state index in [1.807, 2.05) is 25.1 Å². The molecule has 0 radical (unpaired) electrons. The van der Waals surface area contributed by atoms with Crippen molar-refractivity contribution in [1.29, 1.82) is 0 Å². The van der Waals surface area contributed by atoms with Crippen LogP contribution in [0.1, 0.15) is 33.9 Å². The third-order valence-corrected chi connectivity index (χ3v) is 10.1. The van der Waals surface area contributed by atoms with E-state index in [2.05, 4.69) is 134 Å². The number of hydrogen-bond acceptors (Lipinski definition) is 4. The van der Waals surface area contributed by atoms with Crippen molar-refractivity contribution in [2.45, 2.75) is 13.8 Å². The van der Waals surface area contributed by atoms with E-state index >= 15 is 0 Å². The second-order valence-electron chi connectivity index (χ2n) is 13.4. The average molecular weight is 766 g/mol. The second-order valence-corrected chi connectivity index (χ2v) is 13.4. The van der Waals surface area contributed by atoms with Gasteiger partial charge in [-0.15, -0.1) is 22.1 Å². The molecule has 8 bridgehead atoms. The van der Waals surface area contributed by atoms with Gasteiger partial charge in [-0.05, 0) is 94.3 Å². The summed E-state index contributed by atoms with van der Waals surface area (Å²) in [5, 5.41) is 0. The molecule has 0 amide bonds. The summed E-state index contributed by atoms with van der Waals surface area (Å²) in [6.45, 7) is 4.10. The van der Waals surface area contributed by atoms with Crippen molar-refractivity contribution in [2.24, 2.45) is 0 Å². The molecule has 7 heteroatoms. The number of hydrogen-bond donors (Lipinski definition) is 0. The number of fused-ring (bicyclic) bond motifs is 8. The number of rotatable bonds is 6. The number of nitrogens with zero attached hydrogens (tertiary/aromatic N) is 4. The van der Waals surface area contributed by atoms with Crippen LogP contribution in [0.15, 0.2) is 121 Å². The Morgan fingerprint density at radius 1 is 0.436 bits per heavy atom. The maximum absolute atomic E-state index is 5.96. The Morgan fingerprint density at radius 3 is 1.15 bits per heavy atom. The first kappa shape index (κ1) is 35.7. The SMILES string of the molecule is COc1c(C)cc(-c2c3nc(c(-c4ccccc4)c4ccc([n-]4)c(-c4ccccc4)c4nc(c(-c5ccccc5)c5ccc2[n-]5)C=C4)C=C3)c(C)c1OC.[Zn+2]. The van der Waals surface area contributed by atoms with E-state index in [0.29, 0.717) is 11.5 Å². The summed E-state index contributed by atoms with van der Waals surface area (Å²) in [7, 11) is 3.36. The maximum atomic E-state index is 5.96. The first-order valence-corrected chi connectivity index (χ1v) is 18.0. The molecule has 0 aliphatic carbocycles. The van der Waals surface area contributed by atoms with Gasteiger partial charge in [-0.1, -0.05) is 115 Å². The Kier molecular flexibility index (Phi) is 9.64. The number of ether oxygens (including phenoxy) is 2. The van der Waals surface area contributed by atoms with Gasteiger partial charge in [-0.3, -0.25) is 0 Å². The van der Waals surface area contributed by atoms with Gasteiger partial charge in [0.2, 0.25) is 0 Å². The third-order valence-electron chi connectivity index (χ3n) is 10.1. The van der Waals surface area contributed by atoms with Crippen LogP contribution >= 0.6 is 0 Å². The molecule has 0 atom stereocenters. The van der Waals surface area contributed by atoms with Crippen molar-refractivity contribution in [1.82, 2.24) is 19.9 Å². The largest absolute Gasteiger partial charge is 2.00 e. The van der Waals surface area contributed by atoms with Gasteiger partial charge in [0.25, 0.3) is 0 Å². The smallest absolute Gasteiger partial charge is 0.657 e. The number of aryl methyl sites for hydroxylation is 1. The van der Waals surface area contributed by atoms with Gasteiger partial charge in [0.15, 0.2) is 11.5 Å². The molecular formula is C48H36N4O2Zn. The number of benzene rings is 4. The first-order valence-electron chi connectivity index (χ1n) is 18.0. The quantitative estimate of drug-likeness (QED) is 0.157. The molecule has 7 aromatic rings. The zero-order valence-electron chi connectivity index (χ0n) is 31.2. The van der Waals surface area contributed by atoms with Crippen LogP contribution < -0.4 is 19.4 Å². The van der Waals surface area contributed by atoms with E-state index in [1.54, 1.807) is 14.2 Å². The zero-order chi connectivity index (χ0) is 36.8. The molecule has 0 saturated carbocycles. The fraction of sp³-hybridized carbons (Fsp3) is 0.0833. The Balaban J connectivity index is 0.00000427. The van der Waals surface area contributed by atoms with Crippen molar-refractivity contribution in [3.05, 3.63) is 155 Å². The van der Waals surface area contributed by atoms with Crippen molar-refractivity contribution >= 4 is 46.4 Å². The van der Waals surface area contributed by atoms with E-state index in [4.69, 9.17) is 29.4 Å². The number of aromatic nitrogens is 4. The molecule has 6 nitrogen and oxygen atoms in total. The Bertz CT molecular complexity index is 2760. The van der Waals surface area contributed by atoms with Crippen LogP contribution in [-0.4, -0.2) is 24.2 Å². The van der Waals surface area contributed by atoms with E-state index in [1.165, 1.54) is 0 Å². The van der Waals surface area contributed by atoms with Crippen LogP contribution in [0.4, 0.5) is 0 Å². The molecule has 3 aromatic heterocycles. The molecule has 2 aliphatic heterocycles. The Labute approximate surface area is 333 Å².